The van der Waals surface area contributed by atoms with Gasteiger partial charge in [-0.25, -0.2) is 24.7 Å². The fraction of sp³-hybridized carbons (Fsp3) is 0.210. The predicted octanol–water partition coefficient (Wildman–Crippen LogP) is 15.4. The Balaban J connectivity index is 0.000000170. The minimum Gasteiger partial charge on any atom is -0.444 e. The van der Waals surface area contributed by atoms with Crippen molar-refractivity contribution in [2.45, 2.75) is 71.9 Å². The molecule has 81 heavy (non-hydrogen) atoms. The molecule has 0 bridgehead atoms. The van der Waals surface area contributed by atoms with Crippen LogP contribution in [0.3, 0.4) is 0 Å². The van der Waals surface area contributed by atoms with Gasteiger partial charge >= 0.3 is 6.09 Å². The fourth-order valence-electron chi connectivity index (χ4n) is 8.13. The number of ether oxygens (including phenoxy) is 1. The Morgan fingerprint density at radius 2 is 1.07 bits per heavy atom. The van der Waals surface area contributed by atoms with E-state index in [-0.39, 0.29) is 6.09 Å². The number of carbonyl (C=O) groups excluding carboxylic acids is 1. The number of amides is 1. The first kappa shape index (κ1) is 59.7. The molecule has 0 aliphatic rings. The first-order valence-corrected chi connectivity index (χ1v) is 28.8. The fourth-order valence-corrected chi connectivity index (χ4v) is 10.2. The molecule has 0 saturated heterocycles. The Bertz CT molecular complexity index is 3670. The summed E-state index contributed by atoms with van der Waals surface area (Å²) >= 11 is 21.2. The predicted molar refractivity (Wildman–Crippen MR) is 332 cm³/mol. The SMILES string of the molecule is CN(CCCc1nccc(Sc2ccc(N)cc2)n1)C(=O)OC(C)(C)C.CNCCCc1nccc(Sc2ccc(N(C)c3nnc(-c4ccc(Cl)cc4)c4ccccc34)cc2)n1.Clc1ccc(-c2nnc(Cl)c3ccccc23)cc1. The third-order valence-corrected chi connectivity index (χ3v) is 14.9. The number of halogens is 3. The maximum absolute atomic E-state index is 11.9. The third kappa shape index (κ3) is 17.3. The highest BCUT2D eigenvalue weighted by atomic mass is 35.5. The zero-order chi connectivity index (χ0) is 57.3. The second-order valence-corrected chi connectivity index (χ2v) is 22.9. The lowest BCUT2D eigenvalue weighted by Gasteiger charge is -2.24. The average Bonchev–Trinajstić information content (AvgIpc) is 3.67. The molecule has 414 valence electrons. The summed E-state index contributed by atoms with van der Waals surface area (Å²) in [7, 11) is 5.71. The van der Waals surface area contributed by atoms with Gasteiger partial charge in [0, 0.05) is 110 Å². The zero-order valence-electron chi connectivity index (χ0n) is 45.7. The van der Waals surface area contributed by atoms with E-state index in [1.54, 1.807) is 41.7 Å². The monoisotopic (exact) mass is 1170 g/mol. The number of anilines is 3. The van der Waals surface area contributed by atoms with E-state index in [0.29, 0.717) is 28.2 Å². The van der Waals surface area contributed by atoms with E-state index in [0.717, 1.165) is 119 Å². The van der Waals surface area contributed by atoms with Crippen molar-refractivity contribution in [2.24, 2.45) is 0 Å². The molecule has 0 aliphatic heterocycles. The molecule has 10 aromatic rings. The lowest BCUT2D eigenvalue weighted by atomic mass is 10.0. The van der Waals surface area contributed by atoms with Gasteiger partial charge in [-0.3, -0.25) is 0 Å². The van der Waals surface area contributed by atoms with Crippen molar-refractivity contribution in [3.63, 3.8) is 0 Å². The molecule has 4 aromatic heterocycles. The standard InChI is InChI=1S/C29H27ClN6S.C19H26N4O2S.C14H8Cl2N2/c1-31-18-5-8-26-32-19-17-27(33-26)37-23-15-13-22(14-16-23)36(2)29-25-7-4-3-6-24(25)28(34-35-29)20-9-11-21(30)12-10-20;1-19(2,3)25-18(24)23(4)13-5-6-16-21-12-11-17(22-16)26-15-9-7-14(20)8-10-15;15-10-7-5-9(6-8-10)13-11-3-1-2-4-12(11)14(16)18-17-13/h3-4,6-7,9-17,19,31H,5,8,18H2,1-2H3;7-12H,5-6,13,20H2,1-4H3;1-8H. The van der Waals surface area contributed by atoms with Crippen LogP contribution < -0.4 is 16.0 Å². The number of nitrogens with zero attached hydrogens (tertiary/aromatic N) is 10. The van der Waals surface area contributed by atoms with Gasteiger partial charge in [-0.15, -0.1) is 20.4 Å². The Morgan fingerprint density at radius 1 is 0.593 bits per heavy atom. The van der Waals surface area contributed by atoms with Crippen LogP contribution in [0.2, 0.25) is 15.2 Å². The van der Waals surface area contributed by atoms with Gasteiger partial charge < -0.3 is 25.6 Å². The number of hydrogen-bond donors (Lipinski definition) is 2. The van der Waals surface area contributed by atoms with Gasteiger partial charge in [0.15, 0.2) is 11.0 Å². The van der Waals surface area contributed by atoms with Crippen LogP contribution in [-0.4, -0.2) is 91.2 Å². The molecule has 0 radical (unpaired) electrons. The van der Waals surface area contributed by atoms with Crippen LogP contribution in [0.25, 0.3) is 44.1 Å². The van der Waals surface area contributed by atoms with Gasteiger partial charge in [0.25, 0.3) is 0 Å². The minimum atomic E-state index is -0.484. The molecule has 0 unspecified atom stereocenters. The lowest BCUT2D eigenvalue weighted by molar-refractivity contribution is 0.0297. The molecule has 6 aromatic carbocycles. The molecular weight excluding hydrogens is 1120 g/mol. The Morgan fingerprint density at radius 3 is 1.60 bits per heavy atom. The second kappa shape index (κ2) is 28.8. The van der Waals surface area contributed by atoms with Gasteiger partial charge in [-0.1, -0.05) is 131 Å². The minimum absolute atomic E-state index is 0.314. The van der Waals surface area contributed by atoms with Gasteiger partial charge in [-0.05, 0) is 132 Å². The van der Waals surface area contributed by atoms with Crippen molar-refractivity contribution < 1.29 is 9.53 Å². The highest BCUT2D eigenvalue weighted by molar-refractivity contribution is 7.99. The number of hydrogen-bond acceptors (Lipinski definition) is 15. The van der Waals surface area contributed by atoms with Crippen LogP contribution in [-0.2, 0) is 17.6 Å². The molecule has 3 N–H and O–H groups in total. The molecular formula is C62H61Cl3N12O2S2. The number of nitrogens with two attached hydrogens (primary N) is 1. The lowest BCUT2D eigenvalue weighted by Crippen LogP contribution is -2.34. The number of benzene rings is 6. The van der Waals surface area contributed by atoms with Gasteiger partial charge in [0.1, 0.15) is 38.7 Å². The van der Waals surface area contributed by atoms with E-state index in [1.165, 1.54) is 0 Å². The third-order valence-electron chi connectivity index (χ3n) is 12.2. The molecule has 0 aliphatic carbocycles. The summed E-state index contributed by atoms with van der Waals surface area (Å²) < 4.78 is 5.34. The van der Waals surface area contributed by atoms with Crippen LogP contribution in [0.15, 0.2) is 190 Å². The van der Waals surface area contributed by atoms with Gasteiger partial charge in [-0.2, -0.15) is 0 Å². The number of nitrogens with one attached hydrogen (secondary N) is 1. The van der Waals surface area contributed by atoms with Crippen molar-refractivity contribution in [3.8, 4) is 22.5 Å². The Kier molecular flexibility index (Phi) is 21.2. The first-order valence-electron chi connectivity index (χ1n) is 26.1. The summed E-state index contributed by atoms with van der Waals surface area (Å²) in [5.41, 5.74) is 10.6. The number of aromatic nitrogens is 8. The summed E-state index contributed by atoms with van der Waals surface area (Å²) in [4.78, 5) is 35.8. The number of rotatable bonds is 16. The first-order chi connectivity index (χ1) is 39.1. The average molecular weight is 1180 g/mol. The molecule has 0 fully saturated rings. The molecule has 4 heterocycles. The van der Waals surface area contributed by atoms with E-state index in [1.807, 2.05) is 162 Å². The number of nitrogen functional groups attached to an aromatic ring is 1. The normalized spacial score (nSPS) is 11.1. The molecule has 1 amide bonds. The molecule has 14 nitrogen and oxygen atoms in total. The summed E-state index contributed by atoms with van der Waals surface area (Å²) in [5.74, 6) is 2.45. The van der Waals surface area contributed by atoms with Crippen molar-refractivity contribution in [1.82, 2.24) is 50.5 Å². The number of fused-ring (bicyclic) bond motifs is 2. The molecule has 10 rings (SSSR count). The van der Waals surface area contributed by atoms with E-state index >= 15 is 0 Å². The second-order valence-electron chi connectivity index (χ2n) is 19.5. The summed E-state index contributed by atoms with van der Waals surface area (Å²) in [5, 5.41) is 28.2. The van der Waals surface area contributed by atoms with Crippen LogP contribution in [0.1, 0.15) is 45.3 Å². The zero-order valence-corrected chi connectivity index (χ0v) is 49.6. The molecule has 19 heteroatoms. The van der Waals surface area contributed by atoms with Crippen molar-refractivity contribution in [3.05, 3.63) is 197 Å². The Labute approximate surface area is 496 Å². The highest BCUT2D eigenvalue weighted by Gasteiger charge is 2.20. The van der Waals surface area contributed by atoms with E-state index in [4.69, 9.17) is 50.3 Å². The van der Waals surface area contributed by atoms with Crippen LogP contribution in [0.4, 0.5) is 22.0 Å². The van der Waals surface area contributed by atoms with Crippen molar-refractivity contribution in [1.29, 1.82) is 0 Å². The maximum atomic E-state index is 11.9. The number of carbonyl (C=O) groups is 1. The smallest absolute Gasteiger partial charge is 0.410 e. The van der Waals surface area contributed by atoms with Crippen LogP contribution in [0, 0.1) is 0 Å². The van der Waals surface area contributed by atoms with Crippen LogP contribution in [0.5, 0.6) is 0 Å². The van der Waals surface area contributed by atoms with Crippen LogP contribution >= 0.6 is 58.3 Å². The van der Waals surface area contributed by atoms with E-state index < -0.39 is 5.60 Å². The Hall–Kier alpha value is -7.44. The summed E-state index contributed by atoms with van der Waals surface area (Å²) in [6.07, 6.45) is 6.64. The maximum Gasteiger partial charge on any atom is 0.410 e. The van der Waals surface area contributed by atoms with Gasteiger partial charge in [0.2, 0.25) is 0 Å². The van der Waals surface area contributed by atoms with Crippen molar-refractivity contribution in [2.75, 3.05) is 44.9 Å². The van der Waals surface area contributed by atoms with E-state index in [2.05, 4.69) is 82.0 Å². The van der Waals surface area contributed by atoms with Crippen molar-refractivity contribution >= 4 is 103 Å². The molecule has 0 spiro atoms. The molecule has 0 atom stereocenters. The quantitative estimate of drug-likeness (QED) is 0.0531. The topological polar surface area (TPSA) is 174 Å². The van der Waals surface area contributed by atoms with Gasteiger partial charge in [0.05, 0.1) is 0 Å². The molecule has 0 saturated carbocycles. The highest BCUT2D eigenvalue weighted by Crippen LogP contribution is 2.36. The van der Waals surface area contributed by atoms with E-state index in [9.17, 15) is 4.79 Å². The summed E-state index contributed by atoms with van der Waals surface area (Å²) in [6, 6.07) is 51.2. The number of aryl methyl sites for hydroxylation is 2. The summed E-state index contributed by atoms with van der Waals surface area (Å²) in [6.45, 7) is 7.12. The largest absolute Gasteiger partial charge is 0.444 e.